The zero-order valence-electron chi connectivity index (χ0n) is 12.9. The van der Waals surface area contributed by atoms with Crippen molar-refractivity contribution >= 4 is 15.9 Å². The largest absolute Gasteiger partial charge is 0.369 e. The van der Waals surface area contributed by atoms with Gasteiger partial charge in [0.05, 0.1) is 12.2 Å². The zero-order chi connectivity index (χ0) is 14.7. The Bertz CT molecular complexity index is 460. The average Bonchev–Trinajstić information content (AvgIpc) is 3.29. The monoisotopic (exact) mass is 351 g/mol. The number of hydrogen-bond acceptors (Lipinski definition) is 2. The van der Waals surface area contributed by atoms with Crippen molar-refractivity contribution < 1.29 is 4.74 Å². The van der Waals surface area contributed by atoms with Crippen molar-refractivity contribution in [2.45, 2.75) is 63.7 Å². The first-order chi connectivity index (χ1) is 10.2. The zero-order valence-corrected chi connectivity index (χ0v) is 14.4. The fourth-order valence-corrected chi connectivity index (χ4v) is 3.62. The molecule has 1 aromatic carbocycles. The highest BCUT2D eigenvalue weighted by molar-refractivity contribution is 9.10. The van der Waals surface area contributed by atoms with E-state index in [1.54, 1.807) is 0 Å². The summed E-state index contributed by atoms with van der Waals surface area (Å²) in [4.78, 5) is 0. The molecular weight excluding hydrogens is 326 g/mol. The smallest absolute Gasteiger partial charge is 0.0953 e. The third-order valence-corrected chi connectivity index (χ3v) is 5.25. The van der Waals surface area contributed by atoms with Crippen LogP contribution in [0.3, 0.4) is 0 Å². The highest BCUT2D eigenvalue weighted by atomic mass is 79.9. The Balaban J connectivity index is 1.68. The standard InChI is InChI=1S/C18H26BrNO/c1-13-5-2-3-8-17(13)21-18(12-20-16-9-10-16)14-6-4-7-15(19)11-14/h4,6-7,11,13,16-18,20H,2-3,5,8-10,12H2,1H3. The summed E-state index contributed by atoms with van der Waals surface area (Å²) in [6, 6.07) is 9.31. The van der Waals surface area contributed by atoms with Gasteiger partial charge in [0, 0.05) is 17.1 Å². The maximum Gasteiger partial charge on any atom is 0.0953 e. The Labute approximate surface area is 136 Å². The molecule has 3 rings (SSSR count). The molecule has 2 nitrogen and oxygen atoms in total. The fourth-order valence-electron chi connectivity index (χ4n) is 3.21. The molecule has 1 N–H and O–H groups in total. The van der Waals surface area contributed by atoms with Crippen LogP contribution in [0.1, 0.15) is 57.1 Å². The van der Waals surface area contributed by atoms with E-state index in [4.69, 9.17) is 4.74 Å². The summed E-state index contributed by atoms with van der Waals surface area (Å²) in [6.07, 6.45) is 8.45. The van der Waals surface area contributed by atoms with Crippen LogP contribution in [0, 0.1) is 5.92 Å². The van der Waals surface area contributed by atoms with Crippen molar-refractivity contribution in [1.29, 1.82) is 0 Å². The molecule has 116 valence electrons. The van der Waals surface area contributed by atoms with Crippen molar-refractivity contribution in [3.8, 4) is 0 Å². The van der Waals surface area contributed by atoms with E-state index in [-0.39, 0.29) is 6.10 Å². The van der Waals surface area contributed by atoms with Crippen LogP contribution in [-0.4, -0.2) is 18.7 Å². The van der Waals surface area contributed by atoms with Crippen LogP contribution in [-0.2, 0) is 4.74 Å². The summed E-state index contributed by atoms with van der Waals surface area (Å²) < 4.78 is 7.68. The number of hydrogen-bond donors (Lipinski definition) is 1. The maximum atomic E-state index is 6.54. The molecule has 2 aliphatic carbocycles. The quantitative estimate of drug-likeness (QED) is 0.791. The third-order valence-electron chi connectivity index (χ3n) is 4.76. The van der Waals surface area contributed by atoms with Crippen LogP contribution in [0.4, 0.5) is 0 Å². The molecule has 2 fully saturated rings. The van der Waals surface area contributed by atoms with Gasteiger partial charge in [-0.05, 0) is 49.3 Å². The van der Waals surface area contributed by atoms with E-state index in [1.165, 1.54) is 44.1 Å². The van der Waals surface area contributed by atoms with Crippen LogP contribution in [0.15, 0.2) is 28.7 Å². The van der Waals surface area contributed by atoms with E-state index in [0.717, 1.165) is 17.1 Å². The minimum Gasteiger partial charge on any atom is -0.369 e. The molecule has 0 saturated heterocycles. The molecule has 0 aliphatic heterocycles. The Morgan fingerprint density at radius 3 is 2.76 bits per heavy atom. The Morgan fingerprint density at radius 1 is 1.24 bits per heavy atom. The topological polar surface area (TPSA) is 21.3 Å². The number of benzene rings is 1. The van der Waals surface area contributed by atoms with E-state index in [0.29, 0.717) is 12.0 Å². The van der Waals surface area contributed by atoms with Gasteiger partial charge in [-0.25, -0.2) is 0 Å². The van der Waals surface area contributed by atoms with Gasteiger partial charge in [0.2, 0.25) is 0 Å². The Kier molecular flexibility index (Phi) is 5.36. The molecule has 2 aliphatic rings. The van der Waals surface area contributed by atoms with E-state index >= 15 is 0 Å². The second-order valence-corrected chi connectivity index (χ2v) is 7.58. The Hall–Kier alpha value is -0.380. The second kappa shape index (κ2) is 7.26. The molecule has 1 aromatic rings. The molecule has 0 spiro atoms. The minimum atomic E-state index is 0.175. The highest BCUT2D eigenvalue weighted by Crippen LogP contribution is 2.32. The van der Waals surface area contributed by atoms with Crippen LogP contribution < -0.4 is 5.32 Å². The van der Waals surface area contributed by atoms with E-state index < -0.39 is 0 Å². The predicted octanol–water partition coefficient (Wildman–Crippen LogP) is 4.84. The summed E-state index contributed by atoms with van der Waals surface area (Å²) in [5.41, 5.74) is 1.29. The van der Waals surface area contributed by atoms with Gasteiger partial charge in [-0.2, -0.15) is 0 Å². The lowest BCUT2D eigenvalue weighted by molar-refractivity contribution is -0.0565. The van der Waals surface area contributed by atoms with Crippen molar-refractivity contribution in [3.63, 3.8) is 0 Å². The van der Waals surface area contributed by atoms with Gasteiger partial charge in [-0.15, -0.1) is 0 Å². The van der Waals surface area contributed by atoms with Gasteiger partial charge in [-0.1, -0.05) is 47.8 Å². The van der Waals surface area contributed by atoms with Crippen LogP contribution in [0.2, 0.25) is 0 Å². The van der Waals surface area contributed by atoms with Crippen LogP contribution in [0.5, 0.6) is 0 Å². The third kappa shape index (κ3) is 4.54. The summed E-state index contributed by atoms with van der Waals surface area (Å²) in [6.45, 7) is 3.28. The van der Waals surface area contributed by atoms with Crippen molar-refractivity contribution in [1.82, 2.24) is 5.32 Å². The molecule has 2 saturated carbocycles. The minimum absolute atomic E-state index is 0.175. The molecule has 0 heterocycles. The molecule has 0 aromatic heterocycles. The molecule has 3 unspecified atom stereocenters. The second-order valence-electron chi connectivity index (χ2n) is 6.66. The summed E-state index contributed by atoms with van der Waals surface area (Å²) in [5, 5.41) is 3.64. The maximum absolute atomic E-state index is 6.54. The molecule has 0 amide bonds. The first kappa shape index (κ1) is 15.5. The molecule has 3 heteroatoms. The number of halogens is 1. The number of nitrogens with one attached hydrogen (secondary N) is 1. The molecule has 21 heavy (non-hydrogen) atoms. The lowest BCUT2D eigenvalue weighted by Gasteiger charge is -2.33. The van der Waals surface area contributed by atoms with Gasteiger partial charge in [0.1, 0.15) is 0 Å². The van der Waals surface area contributed by atoms with Crippen molar-refractivity contribution in [2.75, 3.05) is 6.54 Å². The lowest BCUT2D eigenvalue weighted by Crippen LogP contribution is -2.32. The van der Waals surface area contributed by atoms with Gasteiger partial charge in [-0.3, -0.25) is 0 Å². The lowest BCUT2D eigenvalue weighted by atomic mass is 9.87. The van der Waals surface area contributed by atoms with E-state index in [9.17, 15) is 0 Å². The van der Waals surface area contributed by atoms with Crippen LogP contribution in [0.25, 0.3) is 0 Å². The van der Waals surface area contributed by atoms with Crippen LogP contribution >= 0.6 is 15.9 Å². The molecule has 3 atom stereocenters. The first-order valence-corrected chi connectivity index (χ1v) is 9.16. The van der Waals surface area contributed by atoms with Crippen molar-refractivity contribution in [2.24, 2.45) is 5.92 Å². The predicted molar refractivity (Wildman–Crippen MR) is 90.4 cm³/mol. The first-order valence-electron chi connectivity index (χ1n) is 8.36. The molecule has 0 bridgehead atoms. The average molecular weight is 352 g/mol. The molecule has 0 radical (unpaired) electrons. The van der Waals surface area contributed by atoms with E-state index in [1.807, 2.05) is 0 Å². The van der Waals surface area contributed by atoms with Gasteiger partial charge in [0.25, 0.3) is 0 Å². The number of rotatable bonds is 6. The SMILES string of the molecule is CC1CCCCC1OC(CNC1CC1)c1cccc(Br)c1. The van der Waals surface area contributed by atoms with Gasteiger partial charge >= 0.3 is 0 Å². The fraction of sp³-hybridized carbons (Fsp3) is 0.667. The van der Waals surface area contributed by atoms with Gasteiger partial charge in [0.15, 0.2) is 0 Å². The summed E-state index contributed by atoms with van der Waals surface area (Å²) >= 11 is 3.58. The number of ether oxygens (including phenoxy) is 1. The normalized spacial score (nSPS) is 27.5. The van der Waals surface area contributed by atoms with Crippen molar-refractivity contribution in [3.05, 3.63) is 34.3 Å². The Morgan fingerprint density at radius 2 is 2.05 bits per heavy atom. The van der Waals surface area contributed by atoms with Gasteiger partial charge < -0.3 is 10.1 Å². The summed E-state index contributed by atoms with van der Waals surface area (Å²) in [5.74, 6) is 0.689. The molecular formula is C18H26BrNO. The summed E-state index contributed by atoms with van der Waals surface area (Å²) in [7, 11) is 0. The van der Waals surface area contributed by atoms with E-state index in [2.05, 4.69) is 52.4 Å². The highest BCUT2D eigenvalue weighted by Gasteiger charge is 2.28.